The molecule has 0 aromatic carbocycles. The van der Waals surface area contributed by atoms with E-state index in [0.29, 0.717) is 25.3 Å². The molecule has 12 heteroatoms. The highest BCUT2D eigenvalue weighted by molar-refractivity contribution is 7.90. The number of carbonyl (C=O) groups is 2. The summed E-state index contributed by atoms with van der Waals surface area (Å²) in [5, 5.41) is 5.93. The summed E-state index contributed by atoms with van der Waals surface area (Å²) in [6.07, 6.45) is 5.66. The Morgan fingerprint density at radius 2 is 1.83 bits per heavy atom. The van der Waals surface area contributed by atoms with Crippen LogP contribution in [0.1, 0.15) is 50.4 Å². The zero-order chi connectivity index (χ0) is 26.7. The number of nitrogens with zero attached hydrogens (tertiary/aromatic N) is 3. The van der Waals surface area contributed by atoms with Gasteiger partial charge in [-0.25, -0.2) is 18.4 Å². The molecule has 2 amide bonds. The van der Waals surface area contributed by atoms with Gasteiger partial charge in [-0.1, -0.05) is 11.6 Å². The molecule has 196 valence electrons. The molecule has 2 N–H and O–H groups in total. The molecule has 0 spiro atoms. The minimum atomic E-state index is -3.55. The number of ether oxygens (including phenoxy) is 1. The van der Waals surface area contributed by atoms with Crippen LogP contribution in [0.5, 0.6) is 5.88 Å². The SMILES string of the molecule is COc1ncc(C(=O)Nc2cc(S(C)(=O)=O)cnc2N2CCC(CC(=O)NC(C)(C)C)CC2)cc1Cl. The third-order valence-electron chi connectivity index (χ3n) is 5.68. The van der Waals surface area contributed by atoms with Gasteiger partial charge in [-0.3, -0.25) is 9.59 Å². The molecule has 1 aliphatic heterocycles. The average Bonchev–Trinajstić information content (AvgIpc) is 2.77. The van der Waals surface area contributed by atoms with Crippen molar-refractivity contribution < 1.29 is 22.7 Å². The predicted molar refractivity (Wildman–Crippen MR) is 139 cm³/mol. The van der Waals surface area contributed by atoms with Crippen LogP contribution in [-0.2, 0) is 14.6 Å². The Kier molecular flexibility index (Phi) is 8.45. The number of methoxy groups -OCH3 is 1. The first-order chi connectivity index (χ1) is 16.8. The standard InChI is InChI=1S/C24H32ClN5O5S/c1-24(2,3)29-20(31)10-15-6-8-30(9-7-15)21-19(12-17(14-26-21)36(5,33)34)28-22(32)16-11-18(25)23(35-4)27-13-16/h11-15H,6-10H2,1-5H3,(H,28,32)(H,29,31). The normalized spacial score (nSPS) is 14.9. The van der Waals surface area contributed by atoms with E-state index in [0.717, 1.165) is 19.1 Å². The quantitative estimate of drug-likeness (QED) is 0.550. The van der Waals surface area contributed by atoms with E-state index in [1.54, 1.807) is 0 Å². The average molecular weight is 538 g/mol. The first-order valence-corrected chi connectivity index (χ1v) is 13.8. The van der Waals surface area contributed by atoms with Crippen LogP contribution in [0.3, 0.4) is 0 Å². The third-order valence-corrected chi connectivity index (χ3v) is 7.03. The largest absolute Gasteiger partial charge is 0.480 e. The van der Waals surface area contributed by atoms with E-state index in [1.807, 2.05) is 25.7 Å². The number of hydrogen-bond donors (Lipinski definition) is 2. The maximum Gasteiger partial charge on any atom is 0.257 e. The van der Waals surface area contributed by atoms with Crippen molar-refractivity contribution in [3.05, 3.63) is 35.1 Å². The summed E-state index contributed by atoms with van der Waals surface area (Å²) in [4.78, 5) is 35.7. The van der Waals surface area contributed by atoms with Crippen LogP contribution in [0.2, 0.25) is 5.02 Å². The summed E-state index contributed by atoms with van der Waals surface area (Å²) in [6.45, 7) is 7.07. The van der Waals surface area contributed by atoms with E-state index >= 15 is 0 Å². The van der Waals surface area contributed by atoms with E-state index in [1.165, 1.54) is 31.6 Å². The van der Waals surface area contributed by atoms with Gasteiger partial charge in [0.05, 0.1) is 23.3 Å². The van der Waals surface area contributed by atoms with Crippen molar-refractivity contribution in [1.82, 2.24) is 15.3 Å². The number of halogens is 1. The van der Waals surface area contributed by atoms with Crippen molar-refractivity contribution in [2.24, 2.45) is 5.92 Å². The van der Waals surface area contributed by atoms with Gasteiger partial charge in [0, 0.05) is 43.7 Å². The Hall–Kier alpha value is -2.92. The van der Waals surface area contributed by atoms with Gasteiger partial charge in [0.2, 0.25) is 11.8 Å². The van der Waals surface area contributed by atoms with Crippen LogP contribution < -0.4 is 20.3 Å². The molecule has 3 heterocycles. The molecule has 1 fully saturated rings. The maximum atomic E-state index is 13.0. The monoisotopic (exact) mass is 537 g/mol. The van der Waals surface area contributed by atoms with Crippen molar-refractivity contribution in [3.8, 4) is 5.88 Å². The topological polar surface area (TPSA) is 131 Å². The Balaban J connectivity index is 1.79. The van der Waals surface area contributed by atoms with E-state index in [4.69, 9.17) is 16.3 Å². The lowest BCUT2D eigenvalue weighted by molar-refractivity contribution is -0.123. The summed E-state index contributed by atoms with van der Waals surface area (Å²) < 4.78 is 29.3. The lowest BCUT2D eigenvalue weighted by atomic mass is 9.92. The molecule has 0 aliphatic carbocycles. The van der Waals surface area contributed by atoms with Crippen LogP contribution in [0.4, 0.5) is 11.5 Å². The molecule has 0 bridgehead atoms. The van der Waals surface area contributed by atoms with Crippen molar-refractivity contribution in [2.75, 3.05) is 36.7 Å². The van der Waals surface area contributed by atoms with Crippen molar-refractivity contribution in [3.63, 3.8) is 0 Å². The molecule has 0 saturated carbocycles. The van der Waals surface area contributed by atoms with Gasteiger partial charge in [0.25, 0.3) is 5.91 Å². The summed E-state index contributed by atoms with van der Waals surface area (Å²) >= 11 is 6.10. The van der Waals surface area contributed by atoms with Crippen molar-refractivity contribution in [2.45, 2.75) is 50.5 Å². The Morgan fingerprint density at radius 3 is 2.39 bits per heavy atom. The number of sulfone groups is 1. The molecular weight excluding hydrogens is 506 g/mol. The fraction of sp³-hybridized carbons (Fsp3) is 0.500. The number of amides is 2. The summed E-state index contributed by atoms with van der Waals surface area (Å²) in [7, 11) is -2.13. The molecule has 1 aliphatic rings. The lowest BCUT2D eigenvalue weighted by Crippen LogP contribution is -2.42. The number of pyridine rings is 2. The third kappa shape index (κ3) is 7.30. The number of rotatable bonds is 7. The first kappa shape index (κ1) is 27.7. The Morgan fingerprint density at radius 1 is 1.17 bits per heavy atom. The number of aromatic nitrogens is 2. The maximum absolute atomic E-state index is 13.0. The van der Waals surface area contributed by atoms with E-state index in [-0.39, 0.29) is 44.4 Å². The van der Waals surface area contributed by atoms with Crippen molar-refractivity contribution >= 4 is 44.8 Å². The molecule has 1 saturated heterocycles. The lowest BCUT2D eigenvalue weighted by Gasteiger charge is -2.34. The van der Waals surface area contributed by atoms with Crippen molar-refractivity contribution in [1.29, 1.82) is 0 Å². The van der Waals surface area contributed by atoms with Crippen LogP contribution in [0, 0.1) is 5.92 Å². The van der Waals surface area contributed by atoms with Crippen LogP contribution in [-0.4, -0.2) is 62.2 Å². The second-order valence-electron chi connectivity index (χ2n) is 9.92. The highest BCUT2D eigenvalue weighted by atomic mass is 35.5. The number of piperidine rings is 1. The van der Waals surface area contributed by atoms with E-state index in [9.17, 15) is 18.0 Å². The van der Waals surface area contributed by atoms with Gasteiger partial charge in [-0.05, 0) is 51.7 Å². The Labute approximate surface area is 216 Å². The molecule has 0 radical (unpaired) electrons. The predicted octanol–water partition coefficient (Wildman–Crippen LogP) is 3.32. The zero-order valence-electron chi connectivity index (χ0n) is 21.1. The smallest absolute Gasteiger partial charge is 0.257 e. The summed E-state index contributed by atoms with van der Waals surface area (Å²) in [6, 6.07) is 2.82. The van der Waals surface area contributed by atoms with Crippen LogP contribution >= 0.6 is 11.6 Å². The van der Waals surface area contributed by atoms with Gasteiger partial charge in [-0.2, -0.15) is 0 Å². The van der Waals surface area contributed by atoms with Gasteiger partial charge in [0.1, 0.15) is 5.02 Å². The molecule has 36 heavy (non-hydrogen) atoms. The van der Waals surface area contributed by atoms with Gasteiger partial charge in [-0.15, -0.1) is 0 Å². The van der Waals surface area contributed by atoms with Gasteiger partial charge in [0.15, 0.2) is 15.7 Å². The molecule has 2 aromatic heterocycles. The van der Waals surface area contributed by atoms with Crippen LogP contribution in [0.15, 0.2) is 29.4 Å². The molecule has 3 rings (SSSR count). The molecule has 0 atom stereocenters. The van der Waals surface area contributed by atoms with Gasteiger partial charge >= 0.3 is 0 Å². The second-order valence-corrected chi connectivity index (χ2v) is 12.3. The molecule has 0 unspecified atom stereocenters. The van der Waals surface area contributed by atoms with Gasteiger partial charge < -0.3 is 20.3 Å². The molecular formula is C24H32ClN5O5S. The minimum Gasteiger partial charge on any atom is -0.480 e. The zero-order valence-corrected chi connectivity index (χ0v) is 22.7. The number of carbonyl (C=O) groups excluding carboxylic acids is 2. The minimum absolute atomic E-state index is 0.0128. The fourth-order valence-electron chi connectivity index (χ4n) is 3.96. The summed E-state index contributed by atoms with van der Waals surface area (Å²) in [5.74, 6) is 0.379. The number of hydrogen-bond acceptors (Lipinski definition) is 8. The summed E-state index contributed by atoms with van der Waals surface area (Å²) in [5.41, 5.74) is 0.165. The van der Waals surface area contributed by atoms with E-state index < -0.39 is 15.7 Å². The molecule has 10 nitrogen and oxygen atoms in total. The molecule has 2 aromatic rings. The highest BCUT2D eigenvalue weighted by Gasteiger charge is 2.26. The number of anilines is 2. The Bertz CT molecular complexity index is 1240. The second kappa shape index (κ2) is 11.0. The van der Waals surface area contributed by atoms with Crippen LogP contribution in [0.25, 0.3) is 0 Å². The highest BCUT2D eigenvalue weighted by Crippen LogP contribution is 2.31. The first-order valence-electron chi connectivity index (χ1n) is 11.5. The van der Waals surface area contributed by atoms with E-state index in [2.05, 4.69) is 20.6 Å². The fourth-order valence-corrected chi connectivity index (χ4v) is 4.78. The number of nitrogens with one attached hydrogen (secondary N) is 2.